The fourth-order valence-corrected chi connectivity index (χ4v) is 3.86. The van der Waals surface area contributed by atoms with Crippen LogP contribution in [-0.4, -0.2) is 63.2 Å². The number of urea groups is 1. The van der Waals surface area contributed by atoms with E-state index in [0.717, 1.165) is 12.0 Å². The van der Waals surface area contributed by atoms with E-state index in [-0.39, 0.29) is 17.8 Å². The number of benzene rings is 1. The van der Waals surface area contributed by atoms with E-state index in [0.29, 0.717) is 54.5 Å². The molecule has 1 fully saturated rings. The van der Waals surface area contributed by atoms with Gasteiger partial charge in [0.1, 0.15) is 23.1 Å². The summed E-state index contributed by atoms with van der Waals surface area (Å²) in [5, 5.41) is 13.4. The Hall–Kier alpha value is -3.75. The van der Waals surface area contributed by atoms with E-state index in [1.807, 2.05) is 31.7 Å². The van der Waals surface area contributed by atoms with Gasteiger partial charge in [-0.2, -0.15) is 0 Å². The van der Waals surface area contributed by atoms with E-state index in [2.05, 4.69) is 15.3 Å². The number of carbonyl (C=O) groups is 1. The molecule has 1 aromatic carbocycles. The van der Waals surface area contributed by atoms with Crippen molar-refractivity contribution in [3.05, 3.63) is 54.2 Å². The topological polar surface area (TPSA) is 94.5 Å². The van der Waals surface area contributed by atoms with Gasteiger partial charge in [0, 0.05) is 49.5 Å². The summed E-state index contributed by atoms with van der Waals surface area (Å²) in [6, 6.07) is 6.63. The highest BCUT2D eigenvalue weighted by molar-refractivity contribution is 5.82. The van der Waals surface area contributed by atoms with Gasteiger partial charge in [0.2, 0.25) is 0 Å². The summed E-state index contributed by atoms with van der Waals surface area (Å²) in [4.78, 5) is 29.6. The number of halogens is 1. The first-order valence-corrected chi connectivity index (χ1v) is 11.4. The highest BCUT2D eigenvalue weighted by Crippen LogP contribution is 2.36. The Kier molecular flexibility index (Phi) is 6.90. The number of aromatic nitrogens is 3. The maximum absolute atomic E-state index is 14.8. The van der Waals surface area contributed by atoms with Crippen LogP contribution < -0.4 is 10.2 Å². The van der Waals surface area contributed by atoms with Crippen LogP contribution in [0, 0.1) is 12.7 Å². The standard InChI is InChI=1S/C25H29FN6O2/c1-4-17(3)29-25(34)32-11-9-31(10-12-32)22-15-28-23(18-6-5-16(2)13-20(18)26)24(30-22)19-7-8-27-14-21(19)33/h5-8,13-15,17,33H,4,9-12H2,1-3H3,(H,29,34). The van der Waals surface area contributed by atoms with Crippen molar-refractivity contribution in [3.8, 4) is 28.3 Å². The molecule has 1 aliphatic heterocycles. The van der Waals surface area contributed by atoms with Crippen molar-refractivity contribution < 1.29 is 14.3 Å². The van der Waals surface area contributed by atoms with Crippen molar-refractivity contribution in [2.24, 2.45) is 0 Å². The Balaban J connectivity index is 1.64. The Morgan fingerprint density at radius 2 is 1.91 bits per heavy atom. The maximum atomic E-state index is 14.8. The van der Waals surface area contributed by atoms with Gasteiger partial charge in [-0.15, -0.1) is 0 Å². The van der Waals surface area contributed by atoms with Crippen LogP contribution in [0.25, 0.3) is 22.5 Å². The normalized spacial score (nSPS) is 14.7. The zero-order valence-corrected chi connectivity index (χ0v) is 19.6. The molecule has 3 heterocycles. The molecule has 1 atom stereocenters. The number of amides is 2. The SMILES string of the molecule is CCC(C)NC(=O)N1CCN(c2cnc(-c3ccc(C)cc3F)c(-c3ccncc3O)n2)CC1. The van der Waals surface area contributed by atoms with Crippen molar-refractivity contribution in [3.63, 3.8) is 0 Å². The Bertz CT molecular complexity index is 1180. The third-order valence-electron chi connectivity index (χ3n) is 6.07. The molecule has 0 radical (unpaired) electrons. The summed E-state index contributed by atoms with van der Waals surface area (Å²) in [6.07, 6.45) is 5.37. The highest BCUT2D eigenvalue weighted by atomic mass is 19.1. The van der Waals surface area contributed by atoms with Gasteiger partial charge >= 0.3 is 6.03 Å². The number of hydrogen-bond donors (Lipinski definition) is 2. The highest BCUT2D eigenvalue weighted by Gasteiger charge is 2.25. The molecular formula is C25H29FN6O2. The molecular weight excluding hydrogens is 435 g/mol. The molecule has 2 N–H and O–H groups in total. The number of piperazine rings is 1. The minimum absolute atomic E-state index is 0.0609. The average Bonchev–Trinajstić information content (AvgIpc) is 2.84. The van der Waals surface area contributed by atoms with E-state index in [9.17, 15) is 14.3 Å². The molecule has 0 bridgehead atoms. The summed E-state index contributed by atoms with van der Waals surface area (Å²) in [7, 11) is 0. The van der Waals surface area contributed by atoms with Crippen molar-refractivity contribution in [2.45, 2.75) is 33.2 Å². The van der Waals surface area contributed by atoms with Crippen molar-refractivity contribution >= 4 is 11.8 Å². The predicted molar refractivity (Wildman–Crippen MR) is 129 cm³/mol. The molecule has 4 rings (SSSR count). The number of aromatic hydroxyl groups is 1. The van der Waals surface area contributed by atoms with Crippen LogP contribution in [0.4, 0.5) is 15.0 Å². The van der Waals surface area contributed by atoms with Gasteiger partial charge < -0.3 is 20.2 Å². The van der Waals surface area contributed by atoms with Crippen molar-refractivity contribution in [2.75, 3.05) is 31.1 Å². The van der Waals surface area contributed by atoms with Gasteiger partial charge in [-0.1, -0.05) is 13.0 Å². The maximum Gasteiger partial charge on any atom is 0.317 e. The first-order chi connectivity index (χ1) is 16.4. The first kappa shape index (κ1) is 23.4. The van der Waals surface area contributed by atoms with E-state index in [1.165, 1.54) is 12.3 Å². The molecule has 1 aliphatic rings. The Labute approximate surface area is 198 Å². The van der Waals surface area contributed by atoms with Crippen LogP contribution in [0.5, 0.6) is 5.75 Å². The zero-order chi connectivity index (χ0) is 24.2. The van der Waals surface area contributed by atoms with Gasteiger partial charge in [-0.25, -0.2) is 19.2 Å². The quantitative estimate of drug-likeness (QED) is 0.593. The largest absolute Gasteiger partial charge is 0.506 e. The Morgan fingerprint density at radius 1 is 1.15 bits per heavy atom. The van der Waals surface area contributed by atoms with Crippen LogP contribution in [0.2, 0.25) is 0 Å². The molecule has 178 valence electrons. The third-order valence-corrected chi connectivity index (χ3v) is 6.07. The molecule has 34 heavy (non-hydrogen) atoms. The zero-order valence-electron chi connectivity index (χ0n) is 19.6. The van der Waals surface area contributed by atoms with E-state index in [1.54, 1.807) is 29.4 Å². The van der Waals surface area contributed by atoms with Crippen LogP contribution in [-0.2, 0) is 0 Å². The lowest BCUT2D eigenvalue weighted by atomic mass is 10.0. The summed E-state index contributed by atoms with van der Waals surface area (Å²) < 4.78 is 14.8. The molecule has 3 aromatic rings. The number of hydrogen-bond acceptors (Lipinski definition) is 6. The van der Waals surface area contributed by atoms with Crippen LogP contribution in [0.3, 0.4) is 0 Å². The van der Waals surface area contributed by atoms with Crippen LogP contribution >= 0.6 is 0 Å². The van der Waals surface area contributed by atoms with Crippen LogP contribution in [0.15, 0.2) is 42.9 Å². The summed E-state index contributed by atoms with van der Waals surface area (Å²) in [5.74, 6) is 0.136. The van der Waals surface area contributed by atoms with E-state index >= 15 is 0 Å². The van der Waals surface area contributed by atoms with Gasteiger partial charge in [-0.05, 0) is 44.0 Å². The minimum atomic E-state index is -0.405. The lowest BCUT2D eigenvalue weighted by Crippen LogP contribution is -2.53. The average molecular weight is 465 g/mol. The first-order valence-electron chi connectivity index (χ1n) is 11.4. The fourth-order valence-electron chi connectivity index (χ4n) is 3.86. The van der Waals surface area contributed by atoms with Gasteiger partial charge in [0.15, 0.2) is 0 Å². The monoisotopic (exact) mass is 464 g/mol. The van der Waals surface area contributed by atoms with E-state index in [4.69, 9.17) is 4.98 Å². The van der Waals surface area contributed by atoms with E-state index < -0.39 is 5.82 Å². The molecule has 2 amide bonds. The second-order valence-electron chi connectivity index (χ2n) is 8.53. The number of aryl methyl sites for hydroxylation is 1. The summed E-state index contributed by atoms with van der Waals surface area (Å²) in [5.41, 5.74) is 2.24. The number of carbonyl (C=O) groups excluding carboxylic acids is 1. The Morgan fingerprint density at radius 3 is 2.59 bits per heavy atom. The lowest BCUT2D eigenvalue weighted by Gasteiger charge is -2.36. The second-order valence-corrected chi connectivity index (χ2v) is 8.53. The number of rotatable bonds is 5. The predicted octanol–water partition coefficient (Wildman–Crippen LogP) is 3.99. The lowest BCUT2D eigenvalue weighted by molar-refractivity contribution is 0.190. The van der Waals surface area contributed by atoms with Crippen LogP contribution in [0.1, 0.15) is 25.8 Å². The minimum Gasteiger partial charge on any atom is -0.506 e. The van der Waals surface area contributed by atoms with Gasteiger partial charge in [-0.3, -0.25) is 4.98 Å². The number of nitrogens with one attached hydrogen (secondary N) is 1. The third kappa shape index (κ3) is 4.93. The molecule has 9 heteroatoms. The molecule has 0 saturated carbocycles. The van der Waals surface area contributed by atoms with Crippen molar-refractivity contribution in [1.82, 2.24) is 25.2 Å². The number of anilines is 1. The number of pyridine rings is 1. The molecule has 0 spiro atoms. The number of nitrogens with zero attached hydrogens (tertiary/aromatic N) is 5. The fraction of sp³-hybridized carbons (Fsp3) is 0.360. The molecule has 2 aromatic heterocycles. The smallest absolute Gasteiger partial charge is 0.317 e. The molecule has 1 saturated heterocycles. The molecule has 0 aliphatic carbocycles. The van der Waals surface area contributed by atoms with Crippen molar-refractivity contribution in [1.29, 1.82) is 0 Å². The molecule has 1 unspecified atom stereocenters. The summed E-state index contributed by atoms with van der Waals surface area (Å²) >= 11 is 0. The second kappa shape index (κ2) is 10.0. The summed E-state index contributed by atoms with van der Waals surface area (Å²) in [6.45, 7) is 8.11. The molecule has 8 nitrogen and oxygen atoms in total. The van der Waals surface area contributed by atoms with Gasteiger partial charge in [0.25, 0.3) is 0 Å². The van der Waals surface area contributed by atoms with Gasteiger partial charge in [0.05, 0.1) is 18.1 Å².